The number of H-pyrrole nitrogens is 1. The average molecular weight is 227 g/mol. The van der Waals surface area contributed by atoms with Crippen LogP contribution < -0.4 is 0 Å². The lowest BCUT2D eigenvalue weighted by Crippen LogP contribution is -1.71. The van der Waals surface area contributed by atoms with Gasteiger partial charge in [-0.15, -0.1) is 0 Å². The largest absolute Gasteiger partial charge is 0.368 e. The van der Waals surface area contributed by atoms with Crippen LogP contribution in [0, 0.1) is 0 Å². The summed E-state index contributed by atoms with van der Waals surface area (Å²) >= 11 is 0. The Morgan fingerprint density at radius 3 is 2.00 bits per heavy atom. The van der Waals surface area contributed by atoms with Gasteiger partial charge in [0.15, 0.2) is 0 Å². The molecule has 0 aliphatic rings. The van der Waals surface area contributed by atoms with Crippen LogP contribution in [0.2, 0.25) is 0 Å². The molecule has 85 valence electrons. The molecule has 0 atom stereocenters. The van der Waals surface area contributed by atoms with Gasteiger partial charge in [0, 0.05) is 33.2 Å². The minimum absolute atomic E-state index is 0. The highest BCUT2D eigenvalue weighted by molar-refractivity contribution is 5.80. The molecule has 2 heterocycles. The van der Waals surface area contributed by atoms with Crippen molar-refractivity contribution in [3.05, 3.63) is 67.3 Å². The summed E-state index contributed by atoms with van der Waals surface area (Å²) in [4.78, 5) is 6.87. The first-order valence-corrected chi connectivity index (χ1v) is 4.83. The second kappa shape index (κ2) is 8.10. The Morgan fingerprint density at radius 1 is 0.824 bits per heavy atom. The van der Waals surface area contributed by atoms with E-state index in [1.165, 1.54) is 10.8 Å². The van der Waals surface area contributed by atoms with Gasteiger partial charge in [0.25, 0.3) is 0 Å². The molecule has 3 radical (unpaired) electrons. The minimum Gasteiger partial charge on any atom is -0.368 e. The molecule has 2 aromatic heterocycles. The van der Waals surface area contributed by atoms with Crippen LogP contribution in [0.25, 0.3) is 10.8 Å². The molecule has 3 rings (SSSR count). The van der Waals surface area contributed by atoms with Crippen LogP contribution in [-0.2, 0) is 0 Å². The summed E-state index contributed by atoms with van der Waals surface area (Å²) < 4.78 is 0. The van der Waals surface area contributed by atoms with Crippen LogP contribution in [0.1, 0.15) is 0 Å². The van der Waals surface area contributed by atoms with Crippen molar-refractivity contribution in [1.29, 1.82) is 0 Å². The van der Waals surface area contributed by atoms with E-state index in [1.54, 1.807) is 0 Å². The highest BCUT2D eigenvalue weighted by atomic mass is 19.0. The molecule has 17 heavy (non-hydrogen) atoms. The van der Waals surface area contributed by atoms with Crippen molar-refractivity contribution >= 4 is 19.2 Å². The van der Waals surface area contributed by atoms with E-state index in [0.29, 0.717) is 0 Å². The number of hydrogen-bond acceptors (Lipinski definition) is 1. The molecule has 0 spiro atoms. The predicted molar refractivity (Wildman–Crippen MR) is 70.8 cm³/mol. The first kappa shape index (κ1) is 14.9. The first-order chi connectivity index (χ1) is 7.47. The maximum absolute atomic E-state index is 4.01. The van der Waals surface area contributed by atoms with E-state index in [0.717, 1.165) is 0 Å². The molecule has 1 aromatic carbocycles. The summed E-state index contributed by atoms with van der Waals surface area (Å²) in [5.74, 6) is 0. The predicted octanol–water partition coefficient (Wildman–Crippen LogP) is 3.02. The Labute approximate surface area is 102 Å². The Morgan fingerprint density at radius 2 is 1.47 bits per heavy atom. The van der Waals surface area contributed by atoms with Crippen LogP contribution in [0.3, 0.4) is 0 Å². The van der Waals surface area contributed by atoms with Gasteiger partial charge < -0.3 is 4.98 Å². The van der Waals surface area contributed by atoms with Crippen LogP contribution in [0.4, 0.5) is 4.70 Å². The van der Waals surface area contributed by atoms with Gasteiger partial charge in [-0.1, -0.05) is 24.3 Å². The lowest BCUT2D eigenvalue weighted by atomic mass is 10.2. The second-order valence-corrected chi connectivity index (χ2v) is 3.11. The average Bonchev–Trinajstić information content (AvgIpc) is 2.88. The number of hydrogen-bond donors (Lipinski definition) is 1. The Hall–Kier alpha value is -2.10. The number of fused-ring (bicyclic) bond motifs is 1. The Kier molecular flexibility index (Phi) is 7.10. The van der Waals surface area contributed by atoms with Crippen LogP contribution in [-0.4, -0.2) is 18.4 Å². The van der Waals surface area contributed by atoms with Gasteiger partial charge in [0.05, 0.1) is 0 Å². The van der Waals surface area contributed by atoms with Crippen LogP contribution >= 0.6 is 0 Å². The monoisotopic (exact) mass is 227 g/mol. The zero-order chi connectivity index (χ0) is 10.3. The third-order valence-corrected chi connectivity index (χ3v) is 2.05. The van der Waals surface area contributed by atoms with Crippen molar-refractivity contribution in [3.63, 3.8) is 0 Å². The number of aromatic nitrogens is 2. The Balaban J connectivity index is 0.000000318. The second-order valence-electron chi connectivity index (χ2n) is 3.11. The van der Waals surface area contributed by atoms with Crippen LogP contribution in [0.5, 0.6) is 0 Å². The summed E-state index contributed by atoms with van der Waals surface area (Å²) in [5, 5.41) is 2.45. The SMILES string of the molecule is F.[B].c1cc[nH]c1.c1ccc2cnccc2c1. The van der Waals surface area contributed by atoms with Crippen molar-refractivity contribution in [1.82, 2.24) is 9.97 Å². The van der Waals surface area contributed by atoms with Crippen LogP contribution in [0.15, 0.2) is 67.3 Å². The number of halogens is 1. The van der Waals surface area contributed by atoms with E-state index in [1.807, 2.05) is 55.1 Å². The number of aromatic amines is 1. The standard InChI is InChI=1S/C9H7N.C4H5N.B.FH/c1-2-4-9-7-10-6-5-8(9)3-1;1-2-4-5-3-1;;/h1-7H;1-5H;;1H. The first-order valence-electron chi connectivity index (χ1n) is 4.83. The summed E-state index contributed by atoms with van der Waals surface area (Å²) in [6.07, 6.45) is 7.43. The maximum atomic E-state index is 4.01. The molecule has 0 saturated carbocycles. The topological polar surface area (TPSA) is 28.7 Å². The third kappa shape index (κ3) is 4.51. The van der Waals surface area contributed by atoms with Gasteiger partial charge >= 0.3 is 0 Å². The summed E-state index contributed by atoms with van der Waals surface area (Å²) in [7, 11) is 0. The lowest BCUT2D eigenvalue weighted by Gasteiger charge is -1.91. The van der Waals surface area contributed by atoms with E-state index in [2.05, 4.69) is 22.1 Å². The van der Waals surface area contributed by atoms with E-state index in [9.17, 15) is 0 Å². The molecule has 0 saturated heterocycles. The van der Waals surface area contributed by atoms with E-state index >= 15 is 0 Å². The van der Waals surface area contributed by atoms with Gasteiger partial charge in [-0.05, 0) is 29.0 Å². The number of nitrogens with one attached hydrogen (secondary N) is 1. The quantitative estimate of drug-likeness (QED) is 0.587. The number of benzene rings is 1. The van der Waals surface area contributed by atoms with Gasteiger partial charge in [0.2, 0.25) is 0 Å². The minimum atomic E-state index is 0. The highest BCUT2D eigenvalue weighted by Crippen LogP contribution is 2.09. The zero-order valence-corrected chi connectivity index (χ0v) is 9.28. The summed E-state index contributed by atoms with van der Waals surface area (Å²) in [5.41, 5.74) is 0. The van der Waals surface area contributed by atoms with Gasteiger partial charge in [0.1, 0.15) is 0 Å². The fourth-order valence-corrected chi connectivity index (χ4v) is 1.30. The number of nitrogens with zero attached hydrogens (tertiary/aromatic N) is 1. The van der Waals surface area contributed by atoms with E-state index in [-0.39, 0.29) is 13.1 Å². The highest BCUT2D eigenvalue weighted by Gasteiger charge is 1.86. The molecule has 0 aliphatic heterocycles. The van der Waals surface area contributed by atoms with Crippen molar-refractivity contribution < 1.29 is 4.70 Å². The van der Waals surface area contributed by atoms with Crippen molar-refractivity contribution in [2.24, 2.45) is 0 Å². The molecule has 3 aromatic rings. The molecule has 0 bridgehead atoms. The lowest BCUT2D eigenvalue weighted by molar-refractivity contribution is 1.11. The fourth-order valence-electron chi connectivity index (χ4n) is 1.30. The van der Waals surface area contributed by atoms with Gasteiger partial charge in [-0.3, -0.25) is 9.69 Å². The van der Waals surface area contributed by atoms with Crippen molar-refractivity contribution in [2.75, 3.05) is 0 Å². The maximum Gasteiger partial charge on any atom is 0.0346 e. The summed E-state index contributed by atoms with van der Waals surface area (Å²) in [6.45, 7) is 0. The van der Waals surface area contributed by atoms with Crippen molar-refractivity contribution in [3.8, 4) is 0 Å². The molecule has 0 unspecified atom stereocenters. The molecule has 4 heteroatoms. The zero-order valence-electron chi connectivity index (χ0n) is 9.28. The van der Waals surface area contributed by atoms with E-state index < -0.39 is 0 Å². The van der Waals surface area contributed by atoms with Crippen molar-refractivity contribution in [2.45, 2.75) is 0 Å². The molecule has 0 amide bonds. The fraction of sp³-hybridized carbons (Fsp3) is 0. The van der Waals surface area contributed by atoms with E-state index in [4.69, 9.17) is 0 Å². The molecule has 1 N–H and O–H groups in total. The Bertz CT molecular complexity index is 429. The number of pyridine rings is 1. The normalized spacial score (nSPS) is 8.24. The molecular weight excluding hydrogens is 214 g/mol. The molecule has 2 nitrogen and oxygen atoms in total. The molecule has 0 fully saturated rings. The summed E-state index contributed by atoms with van der Waals surface area (Å²) in [6, 6.07) is 14.1. The smallest absolute Gasteiger partial charge is 0.0346 e. The van der Waals surface area contributed by atoms with Gasteiger partial charge in [-0.25, -0.2) is 0 Å². The molecule has 0 aliphatic carbocycles. The third-order valence-electron chi connectivity index (χ3n) is 2.05. The number of rotatable bonds is 0. The molecular formula is C13H13BFN2. The van der Waals surface area contributed by atoms with Gasteiger partial charge in [-0.2, -0.15) is 0 Å².